The first kappa shape index (κ1) is 12.6. The fourth-order valence-electron chi connectivity index (χ4n) is 2.01. The molecule has 1 aromatic rings. The highest BCUT2D eigenvalue weighted by molar-refractivity contribution is 6.31. The van der Waals surface area contributed by atoms with Crippen LogP contribution in [0.5, 0.6) is 0 Å². The van der Waals surface area contributed by atoms with Gasteiger partial charge in [-0.2, -0.15) is 0 Å². The molecule has 4 nitrogen and oxygen atoms in total. The van der Waals surface area contributed by atoms with Crippen LogP contribution in [0.15, 0.2) is 0 Å². The van der Waals surface area contributed by atoms with E-state index in [1.54, 1.807) is 0 Å². The molecule has 0 saturated carbocycles. The fraction of sp³-hybridized carbons (Fsp3) is 0.667. The molecule has 2 rings (SSSR count). The molecule has 0 N–H and O–H groups in total. The zero-order valence-electron chi connectivity index (χ0n) is 10.9. The number of rotatable bonds is 1. The summed E-state index contributed by atoms with van der Waals surface area (Å²) in [5.74, 6) is 0.828. The van der Waals surface area contributed by atoms with Gasteiger partial charge in [-0.15, -0.1) is 0 Å². The minimum absolute atomic E-state index is 0.517. The summed E-state index contributed by atoms with van der Waals surface area (Å²) in [6.07, 6.45) is 0. The van der Waals surface area contributed by atoms with E-state index in [4.69, 9.17) is 11.6 Å². The first-order valence-electron chi connectivity index (χ1n) is 5.95. The molecular formula is C12H19ClN4. The highest BCUT2D eigenvalue weighted by Crippen LogP contribution is 2.24. The monoisotopic (exact) mass is 254 g/mol. The lowest BCUT2D eigenvalue weighted by atomic mass is 10.2. The molecule has 1 aliphatic heterocycles. The van der Waals surface area contributed by atoms with Crippen LogP contribution in [0.3, 0.4) is 0 Å². The van der Waals surface area contributed by atoms with Crippen molar-refractivity contribution in [2.45, 2.75) is 26.8 Å². The van der Waals surface area contributed by atoms with Crippen molar-refractivity contribution in [2.75, 3.05) is 31.6 Å². The number of nitrogens with zero attached hydrogens (tertiary/aromatic N) is 4. The van der Waals surface area contributed by atoms with E-state index in [0.717, 1.165) is 36.8 Å². The van der Waals surface area contributed by atoms with Crippen molar-refractivity contribution in [3.63, 3.8) is 0 Å². The molecule has 0 bridgehead atoms. The van der Waals surface area contributed by atoms with Gasteiger partial charge in [-0.1, -0.05) is 11.6 Å². The third-order valence-corrected chi connectivity index (χ3v) is 3.76. The Labute approximate surface area is 108 Å². The van der Waals surface area contributed by atoms with Gasteiger partial charge in [0.05, 0.1) is 11.4 Å². The Bertz CT molecular complexity index is 421. The van der Waals surface area contributed by atoms with Gasteiger partial charge in [-0.25, -0.2) is 9.97 Å². The summed E-state index contributed by atoms with van der Waals surface area (Å²) >= 11 is 6.19. The van der Waals surface area contributed by atoms with Gasteiger partial charge in [0.1, 0.15) is 0 Å². The third-order valence-electron chi connectivity index (χ3n) is 3.51. The highest BCUT2D eigenvalue weighted by Gasteiger charge is 2.24. The fourth-order valence-corrected chi connectivity index (χ4v) is 2.29. The predicted octanol–water partition coefficient (Wildman–Crippen LogP) is 1.89. The minimum atomic E-state index is 0.517. The quantitative estimate of drug-likeness (QED) is 0.766. The van der Waals surface area contributed by atoms with Crippen molar-refractivity contribution in [2.24, 2.45) is 0 Å². The molecule has 5 heteroatoms. The van der Waals surface area contributed by atoms with E-state index in [0.29, 0.717) is 11.2 Å². The highest BCUT2D eigenvalue weighted by atomic mass is 35.5. The van der Waals surface area contributed by atoms with E-state index in [1.165, 1.54) is 0 Å². The molecule has 2 heterocycles. The van der Waals surface area contributed by atoms with E-state index in [1.807, 2.05) is 13.8 Å². The van der Waals surface area contributed by atoms with Crippen molar-refractivity contribution in [1.82, 2.24) is 14.9 Å². The van der Waals surface area contributed by atoms with Gasteiger partial charge in [0.2, 0.25) is 0 Å². The van der Waals surface area contributed by atoms with Crippen LogP contribution in [0.1, 0.15) is 18.3 Å². The molecule has 0 aliphatic carbocycles. The lowest BCUT2D eigenvalue weighted by molar-refractivity contribution is 0.233. The Hall–Kier alpha value is -0.870. The lowest BCUT2D eigenvalue weighted by Gasteiger charge is -2.38. The second-order valence-corrected chi connectivity index (χ2v) is 5.14. The van der Waals surface area contributed by atoms with Gasteiger partial charge in [0.25, 0.3) is 0 Å². The average Bonchev–Trinajstić information content (AvgIpc) is 2.27. The maximum Gasteiger partial charge on any atom is 0.171 e. The number of likely N-dealkylation sites (N-methyl/N-ethyl adjacent to an activating group) is 1. The molecule has 0 amide bonds. The molecule has 17 heavy (non-hydrogen) atoms. The van der Waals surface area contributed by atoms with Gasteiger partial charge in [0.15, 0.2) is 11.0 Å². The summed E-state index contributed by atoms with van der Waals surface area (Å²) < 4.78 is 0. The molecule has 0 spiro atoms. The summed E-state index contributed by atoms with van der Waals surface area (Å²) in [6, 6.07) is 0.517. The number of anilines is 1. The first-order valence-corrected chi connectivity index (χ1v) is 6.32. The molecular weight excluding hydrogens is 236 g/mol. The van der Waals surface area contributed by atoms with Crippen LogP contribution in [0.4, 0.5) is 5.82 Å². The Morgan fingerprint density at radius 1 is 1.18 bits per heavy atom. The maximum atomic E-state index is 6.19. The predicted molar refractivity (Wildman–Crippen MR) is 70.8 cm³/mol. The van der Waals surface area contributed by atoms with Crippen LogP contribution in [-0.4, -0.2) is 47.6 Å². The van der Waals surface area contributed by atoms with Gasteiger partial charge in [-0.3, -0.25) is 0 Å². The van der Waals surface area contributed by atoms with Crippen molar-refractivity contribution in [3.8, 4) is 0 Å². The Morgan fingerprint density at radius 2 is 1.82 bits per heavy atom. The topological polar surface area (TPSA) is 32.3 Å². The molecule has 0 aromatic carbocycles. The van der Waals surface area contributed by atoms with Crippen molar-refractivity contribution < 1.29 is 0 Å². The smallest absolute Gasteiger partial charge is 0.171 e. The summed E-state index contributed by atoms with van der Waals surface area (Å²) in [5, 5.41) is 0.518. The molecule has 1 aliphatic rings. The molecule has 1 atom stereocenters. The minimum Gasteiger partial charge on any atom is -0.351 e. The first-order chi connectivity index (χ1) is 7.99. The largest absolute Gasteiger partial charge is 0.351 e. The van der Waals surface area contributed by atoms with Crippen LogP contribution in [-0.2, 0) is 0 Å². The number of aryl methyl sites for hydroxylation is 2. The maximum absolute atomic E-state index is 6.19. The third kappa shape index (κ3) is 2.53. The molecule has 94 valence electrons. The van der Waals surface area contributed by atoms with E-state index < -0.39 is 0 Å². The molecule has 1 saturated heterocycles. The van der Waals surface area contributed by atoms with Crippen LogP contribution in [0, 0.1) is 13.8 Å². The van der Waals surface area contributed by atoms with Crippen LogP contribution >= 0.6 is 11.6 Å². The van der Waals surface area contributed by atoms with Crippen LogP contribution in [0.2, 0.25) is 5.15 Å². The number of aromatic nitrogens is 2. The average molecular weight is 255 g/mol. The van der Waals surface area contributed by atoms with E-state index in [9.17, 15) is 0 Å². The number of piperazine rings is 1. The second-order valence-electron chi connectivity index (χ2n) is 4.78. The van der Waals surface area contributed by atoms with Crippen LogP contribution < -0.4 is 4.90 Å². The van der Waals surface area contributed by atoms with Gasteiger partial charge < -0.3 is 9.80 Å². The van der Waals surface area contributed by atoms with Gasteiger partial charge in [0, 0.05) is 25.7 Å². The summed E-state index contributed by atoms with van der Waals surface area (Å²) in [4.78, 5) is 13.5. The van der Waals surface area contributed by atoms with E-state index in [-0.39, 0.29) is 0 Å². The van der Waals surface area contributed by atoms with Crippen molar-refractivity contribution in [3.05, 3.63) is 16.5 Å². The van der Waals surface area contributed by atoms with E-state index in [2.05, 4.69) is 33.7 Å². The van der Waals surface area contributed by atoms with Crippen molar-refractivity contribution >= 4 is 17.4 Å². The molecule has 1 fully saturated rings. The van der Waals surface area contributed by atoms with E-state index >= 15 is 0 Å². The Morgan fingerprint density at radius 3 is 2.47 bits per heavy atom. The Balaban J connectivity index is 2.26. The summed E-state index contributed by atoms with van der Waals surface area (Å²) in [6.45, 7) is 9.07. The number of hydrogen-bond acceptors (Lipinski definition) is 4. The number of hydrogen-bond donors (Lipinski definition) is 0. The molecule has 0 radical (unpaired) electrons. The van der Waals surface area contributed by atoms with Gasteiger partial charge in [-0.05, 0) is 27.8 Å². The summed E-state index contributed by atoms with van der Waals surface area (Å²) in [7, 11) is 2.15. The van der Waals surface area contributed by atoms with Crippen LogP contribution in [0.25, 0.3) is 0 Å². The normalized spacial score (nSPS) is 21.9. The lowest BCUT2D eigenvalue weighted by Crippen LogP contribution is -2.50. The second kappa shape index (κ2) is 4.78. The standard InChI is InChI=1S/C12H19ClN4/c1-8-7-17(6-5-16(8)4)12-11(13)14-9(2)10(3)15-12/h8H,5-7H2,1-4H3. The SMILES string of the molecule is Cc1nc(Cl)c(N2CCN(C)C(C)C2)nc1C. The Kier molecular flexibility index (Phi) is 3.54. The zero-order valence-corrected chi connectivity index (χ0v) is 11.6. The zero-order chi connectivity index (χ0) is 12.6. The summed E-state index contributed by atoms with van der Waals surface area (Å²) in [5.41, 5.74) is 1.86. The van der Waals surface area contributed by atoms with Gasteiger partial charge >= 0.3 is 0 Å². The molecule has 1 unspecified atom stereocenters. The van der Waals surface area contributed by atoms with Crippen molar-refractivity contribution in [1.29, 1.82) is 0 Å². The number of halogens is 1. The molecule has 1 aromatic heterocycles.